The second-order valence-electron chi connectivity index (χ2n) is 5.57. The molecule has 2 aliphatic carbocycles. The molecule has 0 aromatic carbocycles. The molecule has 0 aliphatic heterocycles. The highest BCUT2D eigenvalue weighted by atomic mass is 16.1. The average Bonchev–Trinajstić information content (AvgIpc) is 2.34. The van der Waals surface area contributed by atoms with Crippen LogP contribution in [0.1, 0.15) is 40.0 Å². The van der Waals surface area contributed by atoms with Gasteiger partial charge in [-0.3, -0.25) is 4.79 Å². The Morgan fingerprint density at radius 3 is 2.23 bits per heavy atom. The van der Waals surface area contributed by atoms with Crippen molar-refractivity contribution in [1.82, 2.24) is 0 Å². The number of nitrogens with two attached hydrogens (primary N) is 1. The molecule has 13 heavy (non-hydrogen) atoms. The average molecular weight is 181 g/mol. The Morgan fingerprint density at radius 1 is 1.38 bits per heavy atom. The number of rotatable bonds is 1. The Bertz CT molecular complexity index is 259. The van der Waals surface area contributed by atoms with Gasteiger partial charge in [-0.15, -0.1) is 0 Å². The summed E-state index contributed by atoms with van der Waals surface area (Å²) in [7, 11) is 0. The van der Waals surface area contributed by atoms with Crippen molar-refractivity contribution in [1.29, 1.82) is 0 Å². The molecular formula is C11H19NO. The highest BCUT2D eigenvalue weighted by Gasteiger charge is 2.62. The molecule has 2 aliphatic rings. The molecule has 0 radical (unpaired) electrons. The summed E-state index contributed by atoms with van der Waals surface area (Å²) in [5, 5.41) is 0. The second-order valence-corrected chi connectivity index (χ2v) is 5.57. The van der Waals surface area contributed by atoms with Crippen molar-refractivity contribution in [3.63, 3.8) is 0 Å². The molecular weight excluding hydrogens is 162 g/mol. The van der Waals surface area contributed by atoms with Crippen LogP contribution in [0, 0.1) is 22.7 Å². The van der Waals surface area contributed by atoms with E-state index in [4.69, 9.17) is 5.73 Å². The smallest absolute Gasteiger partial charge is 0.221 e. The van der Waals surface area contributed by atoms with Crippen LogP contribution >= 0.6 is 0 Å². The Hall–Kier alpha value is -0.530. The maximum absolute atomic E-state index is 11.3. The van der Waals surface area contributed by atoms with E-state index in [1.165, 1.54) is 12.8 Å². The van der Waals surface area contributed by atoms with Gasteiger partial charge in [0.2, 0.25) is 5.91 Å². The highest BCUT2D eigenvalue weighted by Crippen LogP contribution is 2.67. The molecule has 0 spiro atoms. The van der Waals surface area contributed by atoms with Crippen LogP contribution in [-0.4, -0.2) is 5.91 Å². The lowest BCUT2D eigenvalue weighted by atomic mass is 9.66. The highest BCUT2D eigenvalue weighted by molar-refractivity contribution is 5.78. The molecule has 2 rings (SSSR count). The van der Waals surface area contributed by atoms with E-state index in [0.29, 0.717) is 5.41 Å². The number of carbonyl (C=O) groups excluding carboxylic acids is 1. The molecule has 74 valence electrons. The van der Waals surface area contributed by atoms with Crippen LogP contribution in [0.25, 0.3) is 0 Å². The third-order valence-electron chi connectivity index (χ3n) is 5.14. The van der Waals surface area contributed by atoms with Crippen molar-refractivity contribution < 1.29 is 4.79 Å². The first-order chi connectivity index (χ1) is 5.89. The van der Waals surface area contributed by atoms with Gasteiger partial charge in [-0.1, -0.05) is 20.8 Å². The normalized spacial score (nSPS) is 46.7. The van der Waals surface area contributed by atoms with Crippen LogP contribution in [0.5, 0.6) is 0 Å². The fraction of sp³-hybridized carbons (Fsp3) is 0.909. The summed E-state index contributed by atoms with van der Waals surface area (Å²) in [5.74, 6) is 0.758. The predicted molar refractivity (Wildman–Crippen MR) is 51.9 cm³/mol. The van der Waals surface area contributed by atoms with Crippen molar-refractivity contribution in [2.24, 2.45) is 28.4 Å². The van der Waals surface area contributed by atoms with Crippen LogP contribution in [0.4, 0.5) is 0 Å². The Balaban J connectivity index is 2.38. The maximum atomic E-state index is 11.3. The summed E-state index contributed by atoms with van der Waals surface area (Å²) in [5.41, 5.74) is 5.93. The molecule has 0 unspecified atom stereocenters. The quantitative estimate of drug-likeness (QED) is 0.660. The second kappa shape index (κ2) is 2.28. The van der Waals surface area contributed by atoms with E-state index in [-0.39, 0.29) is 17.2 Å². The minimum absolute atomic E-state index is 0.0854. The largest absolute Gasteiger partial charge is 0.369 e. The monoisotopic (exact) mass is 181 g/mol. The van der Waals surface area contributed by atoms with Crippen molar-refractivity contribution in [3.8, 4) is 0 Å². The predicted octanol–water partition coefficient (Wildman–Crippen LogP) is 1.93. The molecule has 2 saturated carbocycles. The zero-order valence-electron chi connectivity index (χ0n) is 8.76. The van der Waals surface area contributed by atoms with E-state index in [1.807, 2.05) is 0 Å². The van der Waals surface area contributed by atoms with Gasteiger partial charge in [0.15, 0.2) is 0 Å². The number of primary amides is 1. The fourth-order valence-corrected chi connectivity index (χ4v) is 3.63. The minimum Gasteiger partial charge on any atom is -0.369 e. The third-order valence-corrected chi connectivity index (χ3v) is 5.14. The van der Waals surface area contributed by atoms with E-state index in [0.717, 1.165) is 12.3 Å². The van der Waals surface area contributed by atoms with Gasteiger partial charge in [0.1, 0.15) is 0 Å². The number of carbonyl (C=O) groups is 1. The van der Waals surface area contributed by atoms with Crippen molar-refractivity contribution in [2.75, 3.05) is 0 Å². The topological polar surface area (TPSA) is 43.1 Å². The van der Waals surface area contributed by atoms with Gasteiger partial charge in [-0.25, -0.2) is 0 Å². The molecule has 2 nitrogen and oxygen atoms in total. The number of hydrogen-bond donors (Lipinski definition) is 1. The van der Waals surface area contributed by atoms with Crippen molar-refractivity contribution in [3.05, 3.63) is 0 Å². The van der Waals surface area contributed by atoms with Gasteiger partial charge in [-0.2, -0.15) is 0 Å². The van der Waals surface area contributed by atoms with Crippen LogP contribution < -0.4 is 5.73 Å². The molecule has 0 aromatic heterocycles. The molecule has 0 aromatic rings. The molecule has 0 saturated heterocycles. The summed E-state index contributed by atoms with van der Waals surface area (Å²) in [6.07, 6.45) is 3.49. The molecule has 2 N–H and O–H groups in total. The van der Waals surface area contributed by atoms with Crippen molar-refractivity contribution in [2.45, 2.75) is 40.0 Å². The Labute approximate surface area is 79.9 Å². The minimum atomic E-state index is -0.0854. The van der Waals surface area contributed by atoms with Gasteiger partial charge in [-0.05, 0) is 36.0 Å². The number of fused-ring (bicyclic) bond motifs is 2. The maximum Gasteiger partial charge on any atom is 0.221 e. The van der Waals surface area contributed by atoms with Crippen molar-refractivity contribution >= 4 is 5.91 Å². The zero-order valence-corrected chi connectivity index (χ0v) is 8.76. The van der Waals surface area contributed by atoms with E-state index >= 15 is 0 Å². The standard InChI is InChI=1S/C11H19NO/c1-10(2)7-4-5-11(10,3)8(6-7)9(12)13/h7-8H,4-6H2,1-3H3,(H2,12,13)/t7-,8+,11-/m0/s1. The van der Waals surface area contributed by atoms with Gasteiger partial charge >= 0.3 is 0 Å². The summed E-state index contributed by atoms with van der Waals surface area (Å²) in [6, 6.07) is 0. The first-order valence-electron chi connectivity index (χ1n) is 5.19. The molecule has 2 fully saturated rings. The third kappa shape index (κ3) is 0.866. The molecule has 1 amide bonds. The first kappa shape index (κ1) is 9.04. The van der Waals surface area contributed by atoms with E-state index in [1.54, 1.807) is 0 Å². The SMILES string of the molecule is CC1(C)[C@H]2CC[C@@]1(C)[C@@H](C(N)=O)C2. The number of hydrogen-bond acceptors (Lipinski definition) is 1. The lowest BCUT2D eigenvalue weighted by Gasteiger charge is -2.37. The Morgan fingerprint density at radius 2 is 2.00 bits per heavy atom. The van der Waals surface area contributed by atoms with Crippen LogP contribution in [0.2, 0.25) is 0 Å². The fourth-order valence-electron chi connectivity index (χ4n) is 3.63. The van der Waals surface area contributed by atoms with Crippen LogP contribution in [0.3, 0.4) is 0 Å². The van der Waals surface area contributed by atoms with Crippen LogP contribution in [0.15, 0.2) is 0 Å². The van der Waals surface area contributed by atoms with Gasteiger partial charge in [0.25, 0.3) is 0 Å². The Kier molecular flexibility index (Phi) is 1.59. The summed E-state index contributed by atoms with van der Waals surface area (Å²) < 4.78 is 0. The van der Waals surface area contributed by atoms with Gasteiger partial charge in [0.05, 0.1) is 0 Å². The lowest BCUT2D eigenvalue weighted by molar-refractivity contribution is -0.126. The van der Waals surface area contributed by atoms with E-state index < -0.39 is 0 Å². The van der Waals surface area contributed by atoms with E-state index in [2.05, 4.69) is 20.8 Å². The molecule has 2 bridgehead atoms. The molecule has 0 heterocycles. The van der Waals surface area contributed by atoms with Gasteiger partial charge < -0.3 is 5.73 Å². The molecule has 3 atom stereocenters. The summed E-state index contributed by atoms with van der Waals surface area (Å²) in [4.78, 5) is 11.3. The first-order valence-corrected chi connectivity index (χ1v) is 5.19. The lowest BCUT2D eigenvalue weighted by Crippen LogP contribution is -2.39. The summed E-state index contributed by atoms with van der Waals surface area (Å²) >= 11 is 0. The molecule has 2 heteroatoms. The number of amides is 1. The summed E-state index contributed by atoms with van der Waals surface area (Å²) in [6.45, 7) is 6.84. The van der Waals surface area contributed by atoms with Crippen LogP contribution in [-0.2, 0) is 4.79 Å². The van der Waals surface area contributed by atoms with E-state index in [9.17, 15) is 4.79 Å². The van der Waals surface area contributed by atoms with Gasteiger partial charge in [0, 0.05) is 5.92 Å². The zero-order chi connectivity index (χ0) is 9.85.